The zero-order valence-corrected chi connectivity index (χ0v) is 16.9. The number of imide groups is 1. The molecule has 4 rings (SSSR count). The van der Waals surface area contributed by atoms with Gasteiger partial charge in [-0.3, -0.25) is 19.3 Å². The molecule has 1 atom stereocenters. The second-order valence-electron chi connectivity index (χ2n) is 7.54. The van der Waals surface area contributed by atoms with Gasteiger partial charge in [0.05, 0.1) is 11.1 Å². The summed E-state index contributed by atoms with van der Waals surface area (Å²) in [5.41, 5.74) is 4.21. The summed E-state index contributed by atoms with van der Waals surface area (Å²) in [7, 11) is 0. The van der Waals surface area contributed by atoms with E-state index in [-0.39, 0.29) is 12.3 Å². The van der Waals surface area contributed by atoms with Crippen LogP contribution in [0.4, 0.5) is 5.69 Å². The van der Waals surface area contributed by atoms with Crippen molar-refractivity contribution in [3.05, 3.63) is 101 Å². The van der Waals surface area contributed by atoms with Gasteiger partial charge in [-0.15, -0.1) is 0 Å². The largest absolute Gasteiger partial charge is 0.324 e. The molecule has 1 N–H and O–H groups in total. The molecule has 3 aromatic carbocycles. The number of hydrogen-bond acceptors (Lipinski definition) is 3. The average molecular weight is 398 g/mol. The first-order valence-corrected chi connectivity index (χ1v) is 9.84. The Morgan fingerprint density at radius 1 is 0.867 bits per heavy atom. The minimum atomic E-state index is -0.958. The molecule has 1 unspecified atom stereocenters. The molecule has 150 valence electrons. The van der Waals surface area contributed by atoms with Gasteiger partial charge < -0.3 is 5.32 Å². The molecule has 1 aliphatic rings. The normalized spacial score (nSPS) is 13.9. The molecule has 5 nitrogen and oxygen atoms in total. The van der Waals surface area contributed by atoms with Crippen molar-refractivity contribution < 1.29 is 14.4 Å². The summed E-state index contributed by atoms with van der Waals surface area (Å²) < 4.78 is 0. The quantitative estimate of drug-likeness (QED) is 0.657. The minimum Gasteiger partial charge on any atom is -0.324 e. The molecule has 0 radical (unpaired) electrons. The summed E-state index contributed by atoms with van der Waals surface area (Å²) in [4.78, 5) is 40.5. The molecule has 1 aliphatic heterocycles. The van der Waals surface area contributed by atoms with Crippen molar-refractivity contribution in [2.45, 2.75) is 26.3 Å². The fraction of sp³-hybridized carbons (Fsp3) is 0.160. The number of fused-ring (bicyclic) bond motifs is 1. The summed E-state index contributed by atoms with van der Waals surface area (Å²) in [6.45, 7) is 3.90. The highest BCUT2D eigenvalue weighted by atomic mass is 16.2. The second-order valence-corrected chi connectivity index (χ2v) is 7.54. The molecule has 3 aromatic rings. The van der Waals surface area contributed by atoms with Gasteiger partial charge in [-0.1, -0.05) is 60.2 Å². The van der Waals surface area contributed by atoms with Crippen molar-refractivity contribution in [2.75, 3.05) is 5.32 Å². The summed E-state index contributed by atoms with van der Waals surface area (Å²) >= 11 is 0. The van der Waals surface area contributed by atoms with Gasteiger partial charge in [0.15, 0.2) is 0 Å². The first-order chi connectivity index (χ1) is 14.5. The molecule has 0 saturated carbocycles. The Morgan fingerprint density at radius 3 is 2.07 bits per heavy atom. The van der Waals surface area contributed by atoms with Crippen molar-refractivity contribution in [1.29, 1.82) is 0 Å². The van der Waals surface area contributed by atoms with Crippen molar-refractivity contribution in [3.8, 4) is 0 Å². The van der Waals surface area contributed by atoms with E-state index in [0.717, 1.165) is 21.6 Å². The van der Waals surface area contributed by atoms with Crippen molar-refractivity contribution >= 4 is 23.4 Å². The van der Waals surface area contributed by atoms with Crippen molar-refractivity contribution in [1.82, 2.24) is 4.90 Å². The zero-order valence-electron chi connectivity index (χ0n) is 16.9. The number of rotatable bonds is 5. The summed E-state index contributed by atoms with van der Waals surface area (Å²) in [6.07, 6.45) is 0.239. The lowest BCUT2D eigenvalue weighted by Crippen LogP contribution is -2.48. The standard InChI is InChI=1S/C25H22N2O3/c1-16-12-13-21(17(2)14-16)26-23(28)22(15-18-8-4-3-5-9-18)27-24(29)19-10-6-7-11-20(19)25(27)30/h3-14,22H,15H2,1-2H3,(H,26,28). The van der Waals surface area contributed by atoms with Crippen LogP contribution in [0.3, 0.4) is 0 Å². The van der Waals surface area contributed by atoms with E-state index in [2.05, 4.69) is 5.32 Å². The van der Waals surface area contributed by atoms with E-state index in [1.807, 2.05) is 62.4 Å². The van der Waals surface area contributed by atoms with Gasteiger partial charge in [-0.2, -0.15) is 0 Å². The van der Waals surface area contributed by atoms with Crippen LogP contribution in [-0.2, 0) is 11.2 Å². The lowest BCUT2D eigenvalue weighted by Gasteiger charge is -2.26. The molecule has 5 heteroatoms. The fourth-order valence-corrected chi connectivity index (χ4v) is 3.80. The Balaban J connectivity index is 1.69. The molecule has 0 spiro atoms. The molecular weight excluding hydrogens is 376 g/mol. The molecule has 0 aliphatic carbocycles. The SMILES string of the molecule is Cc1ccc(NC(=O)C(Cc2ccccc2)N2C(=O)c3ccccc3C2=O)c(C)c1. The number of carbonyl (C=O) groups excluding carboxylic acids is 3. The monoisotopic (exact) mass is 398 g/mol. The average Bonchev–Trinajstić information content (AvgIpc) is 3.00. The number of anilines is 1. The predicted molar refractivity (Wildman–Crippen MR) is 115 cm³/mol. The van der Waals surface area contributed by atoms with Crippen LogP contribution in [0.2, 0.25) is 0 Å². The van der Waals surface area contributed by atoms with E-state index in [1.54, 1.807) is 24.3 Å². The number of nitrogens with zero attached hydrogens (tertiary/aromatic N) is 1. The van der Waals surface area contributed by atoms with Crippen LogP contribution in [0.15, 0.2) is 72.8 Å². The Bertz CT molecular complexity index is 1100. The molecule has 1 heterocycles. The second kappa shape index (κ2) is 7.95. The predicted octanol–water partition coefficient (Wildman–Crippen LogP) is 4.15. The molecular formula is C25H22N2O3. The summed E-state index contributed by atoms with van der Waals surface area (Å²) in [5.74, 6) is -1.26. The number of amides is 3. The first-order valence-electron chi connectivity index (χ1n) is 9.84. The number of hydrogen-bond donors (Lipinski definition) is 1. The Kier molecular flexibility index (Phi) is 5.19. The van der Waals surface area contributed by atoms with Crippen LogP contribution in [-0.4, -0.2) is 28.7 Å². The van der Waals surface area contributed by atoms with Crippen molar-refractivity contribution in [2.24, 2.45) is 0 Å². The first kappa shape index (κ1) is 19.6. The highest BCUT2D eigenvalue weighted by Gasteiger charge is 2.42. The number of carbonyl (C=O) groups is 3. The molecule has 3 amide bonds. The number of nitrogens with one attached hydrogen (secondary N) is 1. The third-order valence-corrected chi connectivity index (χ3v) is 5.35. The molecule has 0 aromatic heterocycles. The number of benzene rings is 3. The summed E-state index contributed by atoms with van der Waals surface area (Å²) in [5, 5.41) is 2.92. The van der Waals surface area contributed by atoms with Gasteiger partial charge in [0.1, 0.15) is 6.04 Å². The Hall–Kier alpha value is -3.73. The third-order valence-electron chi connectivity index (χ3n) is 5.35. The van der Waals surface area contributed by atoms with Crippen LogP contribution in [0.1, 0.15) is 37.4 Å². The van der Waals surface area contributed by atoms with Crippen LogP contribution < -0.4 is 5.32 Å². The number of aryl methyl sites for hydroxylation is 2. The van der Waals surface area contributed by atoms with Gasteiger partial charge in [-0.25, -0.2) is 0 Å². The van der Waals surface area contributed by atoms with Crippen LogP contribution in [0.5, 0.6) is 0 Å². The fourth-order valence-electron chi connectivity index (χ4n) is 3.80. The van der Waals surface area contributed by atoms with Crippen LogP contribution in [0, 0.1) is 13.8 Å². The topological polar surface area (TPSA) is 66.5 Å². The van der Waals surface area contributed by atoms with Gasteiger partial charge in [0.25, 0.3) is 11.8 Å². The van der Waals surface area contributed by atoms with E-state index in [0.29, 0.717) is 16.8 Å². The van der Waals surface area contributed by atoms with E-state index in [1.165, 1.54) is 0 Å². The van der Waals surface area contributed by atoms with E-state index in [9.17, 15) is 14.4 Å². The highest BCUT2D eigenvalue weighted by molar-refractivity contribution is 6.23. The lowest BCUT2D eigenvalue weighted by molar-refractivity contribution is -0.119. The maximum absolute atomic E-state index is 13.3. The minimum absolute atomic E-state index is 0.239. The van der Waals surface area contributed by atoms with Gasteiger partial charge in [-0.05, 0) is 43.2 Å². The van der Waals surface area contributed by atoms with E-state index >= 15 is 0 Å². The molecule has 30 heavy (non-hydrogen) atoms. The maximum Gasteiger partial charge on any atom is 0.262 e. The third kappa shape index (κ3) is 3.62. The maximum atomic E-state index is 13.3. The Morgan fingerprint density at radius 2 is 1.47 bits per heavy atom. The smallest absolute Gasteiger partial charge is 0.262 e. The summed E-state index contributed by atoms with van der Waals surface area (Å²) in [6, 6.07) is 20.8. The van der Waals surface area contributed by atoms with Gasteiger partial charge >= 0.3 is 0 Å². The highest BCUT2D eigenvalue weighted by Crippen LogP contribution is 2.27. The van der Waals surface area contributed by atoms with Crippen molar-refractivity contribution in [3.63, 3.8) is 0 Å². The molecule has 0 fully saturated rings. The van der Waals surface area contributed by atoms with Crippen LogP contribution in [0.25, 0.3) is 0 Å². The van der Waals surface area contributed by atoms with E-state index < -0.39 is 17.9 Å². The Labute approximate surface area is 175 Å². The lowest BCUT2D eigenvalue weighted by atomic mass is 10.0. The van der Waals surface area contributed by atoms with Gasteiger partial charge in [0.2, 0.25) is 5.91 Å². The van der Waals surface area contributed by atoms with E-state index in [4.69, 9.17) is 0 Å². The zero-order chi connectivity index (χ0) is 21.3. The van der Waals surface area contributed by atoms with Crippen LogP contribution >= 0.6 is 0 Å². The molecule has 0 saturated heterocycles. The van der Waals surface area contributed by atoms with Gasteiger partial charge in [0, 0.05) is 12.1 Å². The molecule has 0 bridgehead atoms.